The second-order valence-corrected chi connectivity index (χ2v) is 5.39. The number of aliphatic hydroxyl groups is 1. The molecule has 1 aromatic rings. The summed E-state index contributed by atoms with van der Waals surface area (Å²) in [6, 6.07) is 9.18. The van der Waals surface area contributed by atoms with Crippen molar-refractivity contribution in [2.45, 2.75) is 25.4 Å². The normalized spacial score (nSPS) is 17.9. The predicted octanol–water partition coefficient (Wildman–Crippen LogP) is 1.94. The van der Waals surface area contributed by atoms with E-state index in [2.05, 4.69) is 6.07 Å². The molecule has 0 atom stereocenters. The van der Waals surface area contributed by atoms with Crippen LogP contribution in [0.4, 0.5) is 0 Å². The quantitative estimate of drug-likeness (QED) is 0.835. The minimum absolute atomic E-state index is 0.0529. The zero-order chi connectivity index (χ0) is 14.6. The highest BCUT2D eigenvalue weighted by molar-refractivity contribution is 5.91. The zero-order valence-corrected chi connectivity index (χ0v) is 11.5. The van der Waals surface area contributed by atoms with E-state index in [1.165, 1.54) is 6.08 Å². The first-order valence-electron chi connectivity index (χ1n) is 6.70. The first-order chi connectivity index (χ1) is 9.50. The number of hydrogen-bond acceptors (Lipinski definition) is 3. The van der Waals surface area contributed by atoms with E-state index in [1.54, 1.807) is 36.1 Å². The van der Waals surface area contributed by atoms with Crippen molar-refractivity contribution >= 4 is 12.0 Å². The Balaban J connectivity index is 1.98. The molecular formula is C16H18N2O2. The molecular weight excluding hydrogens is 252 g/mol. The topological polar surface area (TPSA) is 64.3 Å². The average Bonchev–Trinajstić information content (AvgIpc) is 2.45. The number of amides is 1. The number of nitriles is 1. The van der Waals surface area contributed by atoms with Crippen LogP contribution >= 0.6 is 0 Å². The predicted molar refractivity (Wildman–Crippen MR) is 76.6 cm³/mol. The fourth-order valence-corrected chi connectivity index (χ4v) is 2.19. The maximum Gasteiger partial charge on any atom is 0.246 e. The van der Waals surface area contributed by atoms with Crippen molar-refractivity contribution in [3.05, 3.63) is 41.5 Å². The Morgan fingerprint density at radius 1 is 1.45 bits per heavy atom. The molecule has 1 N–H and O–H groups in total. The molecule has 1 aromatic carbocycles. The molecule has 1 aliphatic heterocycles. The van der Waals surface area contributed by atoms with Gasteiger partial charge in [-0.15, -0.1) is 0 Å². The molecule has 4 nitrogen and oxygen atoms in total. The van der Waals surface area contributed by atoms with Gasteiger partial charge in [0, 0.05) is 19.2 Å². The Hall–Kier alpha value is -2.12. The number of piperidine rings is 1. The molecule has 0 bridgehead atoms. The van der Waals surface area contributed by atoms with E-state index in [-0.39, 0.29) is 5.91 Å². The molecule has 104 valence electrons. The summed E-state index contributed by atoms with van der Waals surface area (Å²) in [7, 11) is 0. The summed E-state index contributed by atoms with van der Waals surface area (Å²) in [5.41, 5.74) is 0.761. The third-order valence-electron chi connectivity index (χ3n) is 3.59. The third kappa shape index (κ3) is 3.69. The van der Waals surface area contributed by atoms with Crippen molar-refractivity contribution in [1.82, 2.24) is 4.90 Å². The molecule has 2 rings (SSSR count). The van der Waals surface area contributed by atoms with Crippen molar-refractivity contribution in [3.8, 4) is 6.07 Å². The molecule has 1 aliphatic rings. The molecule has 1 heterocycles. The Labute approximate surface area is 118 Å². The summed E-state index contributed by atoms with van der Waals surface area (Å²) in [4.78, 5) is 13.8. The van der Waals surface area contributed by atoms with Gasteiger partial charge in [-0.25, -0.2) is 0 Å². The van der Waals surface area contributed by atoms with Crippen LogP contribution in [0.2, 0.25) is 0 Å². The van der Waals surface area contributed by atoms with E-state index in [4.69, 9.17) is 5.26 Å². The SMILES string of the molecule is CC1(O)CCN(C(=O)/C=C/c2cccc(C#N)c2)CC1. The number of nitrogens with zero attached hydrogens (tertiary/aromatic N) is 2. The molecule has 0 aromatic heterocycles. The highest BCUT2D eigenvalue weighted by atomic mass is 16.3. The van der Waals surface area contributed by atoms with Crippen molar-refractivity contribution in [2.24, 2.45) is 0 Å². The van der Waals surface area contributed by atoms with Gasteiger partial charge in [-0.2, -0.15) is 5.26 Å². The standard InChI is InChI=1S/C16H18N2O2/c1-16(20)7-9-18(10-8-16)15(19)6-5-13-3-2-4-14(11-13)12-17/h2-6,11,20H,7-10H2,1H3/b6-5+. The van der Waals surface area contributed by atoms with Gasteiger partial charge < -0.3 is 10.0 Å². The van der Waals surface area contributed by atoms with Crippen LogP contribution in [-0.2, 0) is 4.79 Å². The zero-order valence-electron chi connectivity index (χ0n) is 11.5. The minimum atomic E-state index is -0.651. The molecule has 4 heteroatoms. The summed E-state index contributed by atoms with van der Waals surface area (Å²) in [6.45, 7) is 2.96. The molecule has 1 fully saturated rings. The lowest BCUT2D eigenvalue weighted by molar-refractivity contribution is -0.129. The van der Waals surface area contributed by atoms with E-state index in [9.17, 15) is 9.90 Å². The smallest absolute Gasteiger partial charge is 0.246 e. The van der Waals surface area contributed by atoms with Crippen LogP contribution in [-0.4, -0.2) is 34.6 Å². The molecule has 0 saturated carbocycles. The molecule has 0 unspecified atom stereocenters. The van der Waals surface area contributed by atoms with Crippen LogP contribution in [0.25, 0.3) is 6.08 Å². The lowest BCUT2D eigenvalue weighted by Gasteiger charge is -2.35. The van der Waals surface area contributed by atoms with Crippen LogP contribution in [0.15, 0.2) is 30.3 Å². The molecule has 20 heavy (non-hydrogen) atoms. The summed E-state index contributed by atoms with van der Waals surface area (Å²) in [5, 5.41) is 18.7. The lowest BCUT2D eigenvalue weighted by atomic mass is 9.94. The van der Waals surface area contributed by atoms with E-state index in [0.717, 1.165) is 5.56 Å². The van der Waals surface area contributed by atoms with Gasteiger partial charge >= 0.3 is 0 Å². The van der Waals surface area contributed by atoms with Crippen LogP contribution in [0.3, 0.4) is 0 Å². The fraction of sp³-hybridized carbons (Fsp3) is 0.375. The molecule has 1 amide bonds. The largest absolute Gasteiger partial charge is 0.390 e. The Morgan fingerprint density at radius 2 is 2.15 bits per heavy atom. The summed E-state index contributed by atoms with van der Waals surface area (Å²) in [6.07, 6.45) is 4.46. The van der Waals surface area contributed by atoms with E-state index >= 15 is 0 Å². The number of hydrogen-bond donors (Lipinski definition) is 1. The highest BCUT2D eigenvalue weighted by Gasteiger charge is 2.28. The summed E-state index contributed by atoms with van der Waals surface area (Å²) in [5.74, 6) is -0.0529. The molecule has 0 spiro atoms. The van der Waals surface area contributed by atoms with Crippen molar-refractivity contribution in [2.75, 3.05) is 13.1 Å². The van der Waals surface area contributed by atoms with Gasteiger partial charge in [-0.05, 0) is 43.5 Å². The minimum Gasteiger partial charge on any atom is -0.390 e. The fourth-order valence-electron chi connectivity index (χ4n) is 2.19. The monoisotopic (exact) mass is 270 g/mol. The van der Waals surface area contributed by atoms with Crippen LogP contribution in [0, 0.1) is 11.3 Å². The van der Waals surface area contributed by atoms with Gasteiger partial charge in [0.15, 0.2) is 0 Å². The third-order valence-corrected chi connectivity index (χ3v) is 3.59. The van der Waals surface area contributed by atoms with Crippen LogP contribution in [0.1, 0.15) is 30.9 Å². The van der Waals surface area contributed by atoms with E-state index in [0.29, 0.717) is 31.5 Å². The number of carbonyl (C=O) groups excluding carboxylic acids is 1. The first-order valence-corrected chi connectivity index (χ1v) is 6.70. The van der Waals surface area contributed by atoms with E-state index < -0.39 is 5.60 Å². The van der Waals surface area contributed by atoms with Gasteiger partial charge in [-0.1, -0.05) is 12.1 Å². The maximum atomic E-state index is 12.0. The maximum absolute atomic E-state index is 12.0. The van der Waals surface area contributed by atoms with Gasteiger partial charge in [0.1, 0.15) is 0 Å². The number of benzene rings is 1. The van der Waals surface area contributed by atoms with E-state index in [1.807, 2.05) is 6.07 Å². The lowest BCUT2D eigenvalue weighted by Crippen LogP contribution is -2.44. The second-order valence-electron chi connectivity index (χ2n) is 5.39. The van der Waals surface area contributed by atoms with Crippen molar-refractivity contribution in [3.63, 3.8) is 0 Å². The second kappa shape index (κ2) is 5.89. The Bertz CT molecular complexity index is 560. The van der Waals surface area contributed by atoms with Crippen LogP contribution in [0.5, 0.6) is 0 Å². The molecule has 0 aliphatic carbocycles. The van der Waals surface area contributed by atoms with Gasteiger partial charge in [0.05, 0.1) is 17.2 Å². The molecule has 1 saturated heterocycles. The van der Waals surface area contributed by atoms with Crippen LogP contribution < -0.4 is 0 Å². The van der Waals surface area contributed by atoms with Gasteiger partial charge in [0.2, 0.25) is 5.91 Å². The highest BCUT2D eigenvalue weighted by Crippen LogP contribution is 2.21. The number of rotatable bonds is 2. The molecule has 0 radical (unpaired) electrons. The first kappa shape index (κ1) is 14.3. The van der Waals surface area contributed by atoms with Crippen molar-refractivity contribution < 1.29 is 9.90 Å². The number of likely N-dealkylation sites (tertiary alicyclic amines) is 1. The average molecular weight is 270 g/mol. The van der Waals surface area contributed by atoms with Gasteiger partial charge in [0.25, 0.3) is 0 Å². The summed E-state index contributed by atoms with van der Waals surface area (Å²) >= 11 is 0. The van der Waals surface area contributed by atoms with Gasteiger partial charge in [-0.3, -0.25) is 4.79 Å². The Morgan fingerprint density at radius 3 is 2.80 bits per heavy atom. The van der Waals surface area contributed by atoms with Crippen molar-refractivity contribution in [1.29, 1.82) is 5.26 Å². The summed E-state index contributed by atoms with van der Waals surface area (Å²) < 4.78 is 0. The number of carbonyl (C=O) groups is 1. The Kier molecular flexibility index (Phi) is 4.21.